The summed E-state index contributed by atoms with van der Waals surface area (Å²) in [5, 5.41) is 3.03. The lowest BCUT2D eigenvalue weighted by molar-refractivity contribution is -0.137. The van der Waals surface area contributed by atoms with E-state index in [1.54, 1.807) is 12.1 Å². The van der Waals surface area contributed by atoms with Crippen molar-refractivity contribution < 1.29 is 22.4 Å². The third-order valence-electron chi connectivity index (χ3n) is 3.43. The number of amides is 1. The maximum absolute atomic E-state index is 12.5. The quantitative estimate of drug-likeness (QED) is 0.667. The number of carbonyl (C=O) groups excluding carboxylic acids is 1. The Balaban J connectivity index is 1.90. The first kappa shape index (κ1) is 17.0. The van der Waals surface area contributed by atoms with Gasteiger partial charge >= 0.3 is 11.8 Å². The number of hydrogen-bond acceptors (Lipinski definition) is 3. The van der Waals surface area contributed by atoms with Gasteiger partial charge in [-0.05, 0) is 36.4 Å². The summed E-state index contributed by atoms with van der Waals surface area (Å²) in [5.74, 6) is -0.796. The van der Waals surface area contributed by atoms with Gasteiger partial charge < -0.3 is 9.73 Å². The highest BCUT2D eigenvalue weighted by Gasteiger charge is 2.30. The molecule has 0 bridgehead atoms. The maximum Gasteiger partial charge on any atom is 0.416 e. The third-order valence-corrected chi connectivity index (χ3v) is 3.72. The van der Waals surface area contributed by atoms with E-state index in [1.807, 2.05) is 0 Å². The van der Waals surface area contributed by atoms with E-state index in [0.717, 1.165) is 24.3 Å². The lowest BCUT2D eigenvalue weighted by Crippen LogP contribution is -2.20. The van der Waals surface area contributed by atoms with Gasteiger partial charge in [0.2, 0.25) is 0 Å². The summed E-state index contributed by atoms with van der Waals surface area (Å²) in [6.07, 6.45) is -4.47. The molecule has 0 saturated carbocycles. The Morgan fingerprint density at radius 2 is 1.76 bits per heavy atom. The van der Waals surface area contributed by atoms with Crippen LogP contribution in [-0.4, -0.2) is 5.91 Å². The van der Waals surface area contributed by atoms with E-state index in [-0.39, 0.29) is 21.9 Å². The normalized spacial score (nSPS) is 11.5. The summed E-state index contributed by atoms with van der Waals surface area (Å²) >= 11 is 5.92. The average molecular weight is 368 g/mol. The van der Waals surface area contributed by atoms with Crippen molar-refractivity contribution in [1.82, 2.24) is 0 Å². The molecule has 0 unspecified atom stereocenters. The SMILES string of the molecule is O=C(Nc1ccc(C(F)(F)F)cc1)c1cc2cccc(Cl)c2oc1=O. The fourth-order valence-corrected chi connectivity index (χ4v) is 2.43. The highest BCUT2D eigenvalue weighted by molar-refractivity contribution is 6.34. The highest BCUT2D eigenvalue weighted by Crippen LogP contribution is 2.30. The van der Waals surface area contributed by atoms with Crippen LogP contribution in [0.1, 0.15) is 15.9 Å². The van der Waals surface area contributed by atoms with Crippen molar-refractivity contribution >= 4 is 34.2 Å². The zero-order valence-corrected chi connectivity index (χ0v) is 13.1. The molecule has 3 rings (SSSR count). The number of fused-ring (bicyclic) bond motifs is 1. The molecule has 0 spiro atoms. The summed E-state index contributed by atoms with van der Waals surface area (Å²) < 4.78 is 42.6. The Kier molecular flexibility index (Phi) is 4.26. The molecular formula is C17H9ClF3NO3. The first-order valence-corrected chi connectivity index (χ1v) is 7.34. The predicted octanol–water partition coefficient (Wildman–Crippen LogP) is 4.72. The average Bonchev–Trinajstić information content (AvgIpc) is 2.55. The van der Waals surface area contributed by atoms with Crippen LogP contribution in [0, 0.1) is 0 Å². The van der Waals surface area contributed by atoms with Crippen molar-refractivity contribution in [3.05, 3.63) is 75.1 Å². The number of anilines is 1. The van der Waals surface area contributed by atoms with Gasteiger partial charge in [-0.15, -0.1) is 0 Å². The van der Waals surface area contributed by atoms with Crippen LogP contribution in [-0.2, 0) is 6.18 Å². The number of nitrogens with one attached hydrogen (secondary N) is 1. The Hall–Kier alpha value is -2.80. The number of alkyl halides is 3. The zero-order valence-electron chi connectivity index (χ0n) is 12.4. The van der Waals surface area contributed by atoms with Gasteiger partial charge in [0, 0.05) is 11.1 Å². The second-order valence-electron chi connectivity index (χ2n) is 5.13. The van der Waals surface area contributed by atoms with Gasteiger partial charge in [-0.2, -0.15) is 13.2 Å². The molecule has 0 atom stereocenters. The number of rotatable bonds is 2. The Labute approximate surface area is 143 Å². The molecule has 1 N–H and O–H groups in total. The van der Waals surface area contributed by atoms with Crippen molar-refractivity contribution in [1.29, 1.82) is 0 Å². The number of benzene rings is 2. The van der Waals surface area contributed by atoms with Crippen LogP contribution in [0.4, 0.5) is 18.9 Å². The van der Waals surface area contributed by atoms with Crippen molar-refractivity contribution in [2.75, 3.05) is 5.32 Å². The van der Waals surface area contributed by atoms with Crippen LogP contribution in [0.15, 0.2) is 57.7 Å². The molecule has 0 aliphatic heterocycles. The number of carbonyl (C=O) groups is 1. The fourth-order valence-electron chi connectivity index (χ4n) is 2.21. The molecule has 25 heavy (non-hydrogen) atoms. The second kappa shape index (κ2) is 6.25. The third kappa shape index (κ3) is 3.51. The first-order valence-electron chi connectivity index (χ1n) is 6.97. The van der Waals surface area contributed by atoms with Crippen LogP contribution >= 0.6 is 11.6 Å². The van der Waals surface area contributed by atoms with Crippen molar-refractivity contribution in [3.8, 4) is 0 Å². The summed E-state index contributed by atoms with van der Waals surface area (Å²) in [6.45, 7) is 0. The Morgan fingerprint density at radius 3 is 2.40 bits per heavy atom. The van der Waals surface area contributed by atoms with Crippen LogP contribution in [0.2, 0.25) is 5.02 Å². The monoisotopic (exact) mass is 367 g/mol. The topological polar surface area (TPSA) is 59.3 Å². The molecule has 0 saturated heterocycles. The molecule has 8 heteroatoms. The van der Waals surface area contributed by atoms with E-state index in [2.05, 4.69) is 5.32 Å². The lowest BCUT2D eigenvalue weighted by atomic mass is 10.1. The Bertz CT molecular complexity index is 1010. The predicted molar refractivity (Wildman–Crippen MR) is 86.9 cm³/mol. The van der Waals surface area contributed by atoms with E-state index in [4.69, 9.17) is 16.0 Å². The minimum atomic E-state index is -4.47. The molecule has 0 aliphatic carbocycles. The molecule has 4 nitrogen and oxygen atoms in total. The minimum absolute atomic E-state index is 0.114. The summed E-state index contributed by atoms with van der Waals surface area (Å²) in [5.41, 5.74) is -1.76. The second-order valence-corrected chi connectivity index (χ2v) is 5.54. The van der Waals surface area contributed by atoms with E-state index >= 15 is 0 Å². The smallest absolute Gasteiger partial charge is 0.416 e. The van der Waals surface area contributed by atoms with E-state index in [0.29, 0.717) is 5.39 Å². The summed E-state index contributed by atoms with van der Waals surface area (Å²) in [6, 6.07) is 9.94. The zero-order chi connectivity index (χ0) is 18.2. The largest absolute Gasteiger partial charge is 0.421 e. The lowest BCUT2D eigenvalue weighted by Gasteiger charge is -2.09. The minimum Gasteiger partial charge on any atom is -0.421 e. The molecule has 0 aliphatic rings. The molecule has 1 amide bonds. The van der Waals surface area contributed by atoms with Crippen molar-refractivity contribution in [3.63, 3.8) is 0 Å². The molecule has 1 aromatic heterocycles. The summed E-state index contributed by atoms with van der Waals surface area (Å²) in [7, 11) is 0. The van der Waals surface area contributed by atoms with Crippen molar-refractivity contribution in [2.45, 2.75) is 6.18 Å². The maximum atomic E-state index is 12.5. The molecular weight excluding hydrogens is 359 g/mol. The van der Waals surface area contributed by atoms with Gasteiger partial charge in [0.1, 0.15) is 5.56 Å². The van der Waals surface area contributed by atoms with Gasteiger partial charge in [0.25, 0.3) is 5.91 Å². The number of halogens is 4. The summed E-state index contributed by atoms with van der Waals surface area (Å²) in [4.78, 5) is 24.2. The van der Waals surface area contributed by atoms with Crippen LogP contribution in [0.5, 0.6) is 0 Å². The first-order chi connectivity index (χ1) is 11.8. The molecule has 3 aromatic rings. The Morgan fingerprint density at radius 1 is 1.08 bits per heavy atom. The highest BCUT2D eigenvalue weighted by atomic mass is 35.5. The van der Waals surface area contributed by atoms with Gasteiger partial charge in [-0.3, -0.25) is 4.79 Å². The molecule has 0 radical (unpaired) electrons. The molecule has 2 aromatic carbocycles. The number of hydrogen-bond donors (Lipinski definition) is 1. The van der Waals surface area contributed by atoms with Gasteiger partial charge in [-0.25, -0.2) is 4.79 Å². The molecule has 0 fully saturated rings. The van der Waals surface area contributed by atoms with Crippen LogP contribution in [0.25, 0.3) is 11.0 Å². The standard InChI is InChI=1S/C17H9ClF3NO3/c18-13-3-1-2-9-8-12(16(24)25-14(9)13)15(23)22-11-6-4-10(5-7-11)17(19,20)21/h1-8H,(H,22,23). The van der Waals surface area contributed by atoms with E-state index < -0.39 is 23.3 Å². The van der Waals surface area contributed by atoms with Crippen LogP contribution in [0.3, 0.4) is 0 Å². The van der Waals surface area contributed by atoms with E-state index in [1.165, 1.54) is 12.1 Å². The van der Waals surface area contributed by atoms with Gasteiger partial charge in [-0.1, -0.05) is 23.7 Å². The van der Waals surface area contributed by atoms with Crippen molar-refractivity contribution in [2.24, 2.45) is 0 Å². The fraction of sp³-hybridized carbons (Fsp3) is 0.0588. The van der Waals surface area contributed by atoms with Gasteiger partial charge in [0.05, 0.1) is 10.6 Å². The van der Waals surface area contributed by atoms with E-state index in [9.17, 15) is 22.8 Å². The van der Waals surface area contributed by atoms with Crippen LogP contribution < -0.4 is 10.9 Å². The molecule has 128 valence electrons. The molecule has 1 heterocycles. The number of para-hydroxylation sites is 1. The van der Waals surface area contributed by atoms with Gasteiger partial charge in [0.15, 0.2) is 5.58 Å².